The van der Waals surface area contributed by atoms with E-state index >= 15 is 0 Å². The zero-order valence-electron chi connectivity index (χ0n) is 13.2. The van der Waals surface area contributed by atoms with Crippen LogP contribution < -0.4 is 10.6 Å². The van der Waals surface area contributed by atoms with Gasteiger partial charge >= 0.3 is 0 Å². The van der Waals surface area contributed by atoms with Crippen molar-refractivity contribution >= 4 is 18.3 Å². The standard InChI is InChI=1S/C15H30N2O3.ClH/c1-2-19-11-12-20-13-15(18)17-10-9-16-14-7-5-3-4-6-8-14;/h14,16H,2-13H2,1H3,(H,17,18);1H. The van der Waals surface area contributed by atoms with Crippen molar-refractivity contribution in [3.8, 4) is 0 Å². The lowest BCUT2D eigenvalue weighted by molar-refractivity contribution is -0.126. The van der Waals surface area contributed by atoms with Gasteiger partial charge in [-0.2, -0.15) is 0 Å². The highest BCUT2D eigenvalue weighted by Crippen LogP contribution is 2.16. The van der Waals surface area contributed by atoms with Crippen LogP contribution in [0, 0.1) is 0 Å². The van der Waals surface area contributed by atoms with Gasteiger partial charge in [0, 0.05) is 25.7 Å². The Balaban J connectivity index is 0.00000400. The maximum Gasteiger partial charge on any atom is 0.246 e. The van der Waals surface area contributed by atoms with Gasteiger partial charge in [-0.15, -0.1) is 12.4 Å². The van der Waals surface area contributed by atoms with Crippen LogP contribution in [0.3, 0.4) is 0 Å². The fraction of sp³-hybridized carbons (Fsp3) is 0.933. The Morgan fingerprint density at radius 1 is 1.05 bits per heavy atom. The van der Waals surface area contributed by atoms with E-state index in [1.165, 1.54) is 38.5 Å². The second-order valence-corrected chi connectivity index (χ2v) is 5.24. The minimum Gasteiger partial charge on any atom is -0.379 e. The molecule has 1 aliphatic rings. The molecule has 0 heterocycles. The largest absolute Gasteiger partial charge is 0.379 e. The molecule has 21 heavy (non-hydrogen) atoms. The molecular formula is C15H31ClN2O3. The number of amides is 1. The summed E-state index contributed by atoms with van der Waals surface area (Å²) in [6, 6.07) is 0.636. The Morgan fingerprint density at radius 3 is 2.38 bits per heavy atom. The topological polar surface area (TPSA) is 59.6 Å². The third-order valence-electron chi connectivity index (χ3n) is 3.54. The van der Waals surface area contributed by atoms with Crippen molar-refractivity contribution in [1.82, 2.24) is 10.6 Å². The van der Waals surface area contributed by atoms with Crippen molar-refractivity contribution in [2.75, 3.05) is 39.5 Å². The predicted molar refractivity (Wildman–Crippen MR) is 87.1 cm³/mol. The van der Waals surface area contributed by atoms with Crippen LogP contribution in [-0.2, 0) is 14.3 Å². The van der Waals surface area contributed by atoms with E-state index in [9.17, 15) is 4.79 Å². The highest BCUT2D eigenvalue weighted by Gasteiger charge is 2.10. The van der Waals surface area contributed by atoms with Crippen molar-refractivity contribution in [3.63, 3.8) is 0 Å². The molecule has 0 spiro atoms. The van der Waals surface area contributed by atoms with Crippen LogP contribution >= 0.6 is 12.4 Å². The zero-order chi connectivity index (χ0) is 14.5. The molecule has 1 amide bonds. The summed E-state index contributed by atoms with van der Waals surface area (Å²) in [6.07, 6.45) is 7.94. The Bertz CT molecular complexity index is 247. The molecule has 2 N–H and O–H groups in total. The molecule has 0 unspecified atom stereocenters. The quantitative estimate of drug-likeness (QED) is 0.476. The molecule has 0 atom stereocenters. The van der Waals surface area contributed by atoms with E-state index in [1.54, 1.807) is 0 Å². The average Bonchev–Trinajstić information content (AvgIpc) is 2.72. The summed E-state index contributed by atoms with van der Waals surface area (Å²) in [5, 5.41) is 6.39. The van der Waals surface area contributed by atoms with Crippen molar-refractivity contribution in [3.05, 3.63) is 0 Å². The van der Waals surface area contributed by atoms with E-state index in [0.29, 0.717) is 32.4 Å². The number of ether oxygens (including phenoxy) is 2. The molecule has 0 saturated heterocycles. The number of hydrogen-bond donors (Lipinski definition) is 2. The van der Waals surface area contributed by atoms with Crippen LogP contribution in [-0.4, -0.2) is 51.5 Å². The molecule has 0 aromatic heterocycles. The Hall–Kier alpha value is -0.360. The van der Waals surface area contributed by atoms with Crippen LogP contribution in [0.5, 0.6) is 0 Å². The van der Waals surface area contributed by atoms with Crippen LogP contribution in [0.15, 0.2) is 0 Å². The van der Waals surface area contributed by atoms with Gasteiger partial charge in [-0.05, 0) is 19.8 Å². The number of hydrogen-bond acceptors (Lipinski definition) is 4. The van der Waals surface area contributed by atoms with Crippen molar-refractivity contribution < 1.29 is 14.3 Å². The molecule has 0 radical (unpaired) electrons. The molecule has 0 aliphatic heterocycles. The molecule has 126 valence electrons. The minimum absolute atomic E-state index is 0. The van der Waals surface area contributed by atoms with Crippen molar-refractivity contribution in [2.45, 2.75) is 51.5 Å². The van der Waals surface area contributed by atoms with Gasteiger partial charge in [0.25, 0.3) is 0 Å². The number of rotatable bonds is 10. The number of halogens is 1. The molecule has 6 heteroatoms. The van der Waals surface area contributed by atoms with Crippen molar-refractivity contribution in [1.29, 1.82) is 0 Å². The maximum atomic E-state index is 11.5. The third kappa shape index (κ3) is 11.9. The number of nitrogens with one attached hydrogen (secondary N) is 2. The lowest BCUT2D eigenvalue weighted by Crippen LogP contribution is -2.38. The zero-order valence-corrected chi connectivity index (χ0v) is 14.0. The van der Waals surface area contributed by atoms with Gasteiger partial charge in [-0.1, -0.05) is 25.7 Å². The van der Waals surface area contributed by atoms with E-state index in [4.69, 9.17) is 9.47 Å². The summed E-state index contributed by atoms with van der Waals surface area (Å²) in [4.78, 5) is 11.5. The van der Waals surface area contributed by atoms with Gasteiger partial charge in [-0.25, -0.2) is 0 Å². The van der Waals surface area contributed by atoms with E-state index in [0.717, 1.165) is 6.54 Å². The highest BCUT2D eigenvalue weighted by atomic mass is 35.5. The van der Waals surface area contributed by atoms with Crippen LogP contribution in [0.1, 0.15) is 45.4 Å². The summed E-state index contributed by atoms with van der Waals surface area (Å²) in [5.74, 6) is -0.0517. The summed E-state index contributed by atoms with van der Waals surface area (Å²) in [5.41, 5.74) is 0. The lowest BCUT2D eigenvalue weighted by atomic mass is 10.1. The summed E-state index contributed by atoms with van der Waals surface area (Å²) >= 11 is 0. The predicted octanol–water partition coefficient (Wildman–Crippen LogP) is 1.89. The van der Waals surface area contributed by atoms with E-state index in [2.05, 4.69) is 10.6 Å². The second kappa shape index (κ2) is 14.6. The van der Waals surface area contributed by atoms with Gasteiger partial charge in [0.1, 0.15) is 6.61 Å². The van der Waals surface area contributed by atoms with E-state index in [-0.39, 0.29) is 24.9 Å². The lowest BCUT2D eigenvalue weighted by Gasteiger charge is -2.16. The fourth-order valence-electron chi connectivity index (χ4n) is 2.44. The first kappa shape index (κ1) is 20.6. The van der Waals surface area contributed by atoms with Gasteiger partial charge in [0.2, 0.25) is 5.91 Å². The molecule has 1 saturated carbocycles. The highest BCUT2D eigenvalue weighted by molar-refractivity contribution is 5.85. The Labute approximate surface area is 134 Å². The fourth-order valence-corrected chi connectivity index (χ4v) is 2.44. The average molecular weight is 323 g/mol. The number of carbonyl (C=O) groups is 1. The second-order valence-electron chi connectivity index (χ2n) is 5.24. The Kier molecular flexibility index (Phi) is 14.3. The number of carbonyl (C=O) groups excluding carboxylic acids is 1. The normalized spacial score (nSPS) is 16.0. The van der Waals surface area contributed by atoms with Crippen LogP contribution in [0.4, 0.5) is 0 Å². The molecule has 0 aromatic carbocycles. The smallest absolute Gasteiger partial charge is 0.246 e. The van der Waals surface area contributed by atoms with Crippen molar-refractivity contribution in [2.24, 2.45) is 0 Å². The third-order valence-corrected chi connectivity index (χ3v) is 3.54. The van der Waals surface area contributed by atoms with Gasteiger partial charge in [0.15, 0.2) is 0 Å². The first-order valence-electron chi connectivity index (χ1n) is 7.98. The summed E-state index contributed by atoms with van der Waals surface area (Å²) in [7, 11) is 0. The monoisotopic (exact) mass is 322 g/mol. The minimum atomic E-state index is -0.0517. The maximum absolute atomic E-state index is 11.5. The molecule has 1 rings (SSSR count). The first-order chi connectivity index (χ1) is 9.83. The van der Waals surface area contributed by atoms with Gasteiger partial charge < -0.3 is 20.1 Å². The molecule has 1 aliphatic carbocycles. The van der Waals surface area contributed by atoms with E-state index in [1.807, 2.05) is 6.92 Å². The summed E-state index contributed by atoms with van der Waals surface area (Å²) in [6.45, 7) is 5.28. The SMILES string of the molecule is CCOCCOCC(=O)NCCNC1CCCCCC1.Cl. The Morgan fingerprint density at radius 2 is 1.71 bits per heavy atom. The van der Waals surface area contributed by atoms with Crippen LogP contribution in [0.25, 0.3) is 0 Å². The summed E-state index contributed by atoms with van der Waals surface area (Å²) < 4.78 is 10.3. The molecule has 5 nitrogen and oxygen atoms in total. The molecular weight excluding hydrogens is 292 g/mol. The van der Waals surface area contributed by atoms with E-state index < -0.39 is 0 Å². The van der Waals surface area contributed by atoms with Gasteiger partial charge in [-0.3, -0.25) is 4.79 Å². The molecule has 0 bridgehead atoms. The molecule has 1 fully saturated rings. The van der Waals surface area contributed by atoms with Gasteiger partial charge in [0.05, 0.1) is 13.2 Å². The molecule has 0 aromatic rings. The first-order valence-corrected chi connectivity index (χ1v) is 7.98. The van der Waals surface area contributed by atoms with Crippen LogP contribution in [0.2, 0.25) is 0 Å².